The Morgan fingerprint density at radius 3 is 2.38 bits per heavy atom. The predicted molar refractivity (Wildman–Crippen MR) is 33.8 cm³/mol. The van der Waals surface area contributed by atoms with Crippen LogP contribution in [0.5, 0.6) is 0 Å². The summed E-state index contributed by atoms with van der Waals surface area (Å²) in [4.78, 5) is 10.6. The highest BCUT2D eigenvalue weighted by Crippen LogP contribution is 1.71. The third-order valence-corrected chi connectivity index (χ3v) is 0.566. The van der Waals surface area contributed by atoms with E-state index in [-0.39, 0.29) is 0 Å². The number of ether oxygens (including phenoxy) is 1. The maximum Gasteiger partial charge on any atom is 0.411 e. The maximum atomic E-state index is 10.2. The van der Waals surface area contributed by atoms with E-state index in [1.54, 1.807) is 6.92 Å². The second-order valence-corrected chi connectivity index (χ2v) is 1.79. The maximum absolute atomic E-state index is 10.2. The molecule has 0 saturated carbocycles. The van der Waals surface area contributed by atoms with E-state index in [1.807, 2.05) is 0 Å². The Morgan fingerprint density at radius 2 is 2.25 bits per heavy atom. The molecular weight excluding hydrogens is 126 g/mol. The van der Waals surface area contributed by atoms with Crippen LogP contribution in [0.15, 0.2) is 0 Å². The number of rotatable bonds is 0. The summed E-state index contributed by atoms with van der Waals surface area (Å²) in [6.07, 6.45) is -0.516. The van der Waals surface area contributed by atoms with Gasteiger partial charge < -0.3 is 4.74 Å². The van der Waals surface area contributed by atoms with Crippen LogP contribution >= 0.6 is 12.2 Å². The van der Waals surface area contributed by atoms with Crippen LogP contribution in [0.1, 0.15) is 6.92 Å². The lowest BCUT2D eigenvalue weighted by Gasteiger charge is -1.97. The van der Waals surface area contributed by atoms with Gasteiger partial charge in [0.15, 0.2) is 0 Å². The first-order valence-electron chi connectivity index (χ1n) is 2.02. The number of carbonyl (C=O) groups excluding carboxylic acids is 1. The molecule has 0 spiro atoms. The fraction of sp³-hybridized carbons (Fsp3) is 0.500. The zero-order chi connectivity index (χ0) is 6.57. The van der Waals surface area contributed by atoms with Gasteiger partial charge in [0.25, 0.3) is 0 Å². The van der Waals surface area contributed by atoms with E-state index in [4.69, 9.17) is 0 Å². The molecule has 1 amide bonds. The summed E-state index contributed by atoms with van der Waals surface area (Å²) in [6, 6.07) is 0. The molecule has 0 bridgehead atoms. The molecule has 4 heteroatoms. The minimum absolute atomic E-state index is 0.414. The summed E-state index contributed by atoms with van der Waals surface area (Å²) >= 11 is 4.53. The van der Waals surface area contributed by atoms with Crippen molar-refractivity contribution in [2.24, 2.45) is 0 Å². The van der Waals surface area contributed by atoms with Crippen LogP contribution in [-0.2, 0) is 4.74 Å². The summed E-state index contributed by atoms with van der Waals surface area (Å²) in [5.41, 5.74) is 0. The van der Waals surface area contributed by atoms with Gasteiger partial charge in [-0.1, -0.05) is 12.2 Å². The third-order valence-electron chi connectivity index (χ3n) is 0.463. The summed E-state index contributed by atoms with van der Waals surface area (Å²) in [7, 11) is 1.29. The fourth-order valence-corrected chi connectivity index (χ4v) is 0.278. The van der Waals surface area contributed by atoms with Crippen molar-refractivity contribution in [1.29, 1.82) is 0 Å². The minimum atomic E-state index is -0.516. The number of alkyl carbamates (subject to hydrolysis) is 1. The molecule has 3 nitrogen and oxygen atoms in total. The quantitative estimate of drug-likeness (QED) is 0.494. The van der Waals surface area contributed by atoms with E-state index in [0.717, 1.165) is 0 Å². The SMILES string of the molecule is COC(=O)NC(C)=S. The van der Waals surface area contributed by atoms with Crippen molar-refractivity contribution >= 4 is 23.3 Å². The van der Waals surface area contributed by atoms with Gasteiger partial charge in [-0.15, -0.1) is 0 Å². The lowest BCUT2D eigenvalue weighted by Crippen LogP contribution is -2.26. The first-order chi connectivity index (χ1) is 3.66. The lowest BCUT2D eigenvalue weighted by molar-refractivity contribution is 0.177. The third kappa shape index (κ3) is 3.55. The Bertz CT molecular complexity index is 113. The van der Waals surface area contributed by atoms with Crippen molar-refractivity contribution in [3.8, 4) is 0 Å². The van der Waals surface area contributed by atoms with Crippen LogP contribution in [0.4, 0.5) is 4.79 Å². The molecule has 46 valence electrons. The second-order valence-electron chi connectivity index (χ2n) is 1.17. The Labute approximate surface area is 53.0 Å². The lowest BCUT2D eigenvalue weighted by atomic mass is 10.7. The van der Waals surface area contributed by atoms with E-state index in [0.29, 0.717) is 4.99 Å². The Hall–Kier alpha value is -0.640. The molecule has 0 aliphatic carbocycles. The predicted octanol–water partition coefficient (Wildman–Crippen LogP) is 0.690. The summed E-state index contributed by atoms with van der Waals surface area (Å²) in [5, 5.41) is 2.26. The van der Waals surface area contributed by atoms with Gasteiger partial charge in [0.1, 0.15) is 0 Å². The highest BCUT2D eigenvalue weighted by molar-refractivity contribution is 7.80. The van der Waals surface area contributed by atoms with Crippen LogP contribution in [-0.4, -0.2) is 18.2 Å². The van der Waals surface area contributed by atoms with Crippen molar-refractivity contribution < 1.29 is 9.53 Å². The van der Waals surface area contributed by atoms with E-state index in [1.165, 1.54) is 7.11 Å². The standard InChI is InChI=1S/C4H7NO2S/c1-3(8)5-4(6)7-2/h1-2H3,(H,5,6,8). The Morgan fingerprint density at radius 1 is 1.75 bits per heavy atom. The van der Waals surface area contributed by atoms with Gasteiger partial charge in [-0.3, -0.25) is 5.32 Å². The molecule has 0 rings (SSSR count). The van der Waals surface area contributed by atoms with Crippen molar-refractivity contribution in [2.45, 2.75) is 6.92 Å². The first kappa shape index (κ1) is 7.36. The van der Waals surface area contributed by atoms with Gasteiger partial charge >= 0.3 is 6.09 Å². The van der Waals surface area contributed by atoms with Crippen molar-refractivity contribution in [3.63, 3.8) is 0 Å². The second kappa shape index (κ2) is 3.37. The molecule has 0 fully saturated rings. The summed E-state index contributed by atoms with van der Waals surface area (Å²) in [6.45, 7) is 1.60. The van der Waals surface area contributed by atoms with Gasteiger partial charge in [-0.05, 0) is 6.92 Å². The van der Waals surface area contributed by atoms with Gasteiger partial charge in [-0.25, -0.2) is 4.79 Å². The molecule has 1 N–H and O–H groups in total. The highest BCUT2D eigenvalue weighted by atomic mass is 32.1. The van der Waals surface area contributed by atoms with Gasteiger partial charge in [0.2, 0.25) is 0 Å². The molecule has 0 saturated heterocycles. The van der Waals surface area contributed by atoms with Crippen LogP contribution in [0.2, 0.25) is 0 Å². The monoisotopic (exact) mass is 133 g/mol. The number of thiocarbonyl (C=S) groups is 1. The molecule has 0 heterocycles. The molecule has 0 radical (unpaired) electrons. The van der Waals surface area contributed by atoms with Crippen LogP contribution in [0.25, 0.3) is 0 Å². The van der Waals surface area contributed by atoms with E-state index in [2.05, 4.69) is 22.3 Å². The number of methoxy groups -OCH3 is 1. The zero-order valence-electron chi connectivity index (χ0n) is 4.72. The number of carbonyl (C=O) groups is 1. The average Bonchev–Trinajstić information content (AvgIpc) is 1.65. The number of hydrogen-bond acceptors (Lipinski definition) is 3. The van der Waals surface area contributed by atoms with Crippen molar-refractivity contribution in [3.05, 3.63) is 0 Å². The van der Waals surface area contributed by atoms with Crippen LogP contribution < -0.4 is 5.32 Å². The highest BCUT2D eigenvalue weighted by Gasteiger charge is 1.94. The average molecular weight is 133 g/mol. The largest absolute Gasteiger partial charge is 0.453 e. The van der Waals surface area contributed by atoms with Crippen molar-refractivity contribution in [2.75, 3.05) is 7.11 Å². The normalized spacial score (nSPS) is 7.75. The molecule has 0 aromatic rings. The zero-order valence-corrected chi connectivity index (χ0v) is 5.54. The van der Waals surface area contributed by atoms with E-state index < -0.39 is 6.09 Å². The smallest absolute Gasteiger partial charge is 0.411 e. The van der Waals surface area contributed by atoms with E-state index in [9.17, 15) is 4.79 Å². The Kier molecular flexibility index (Phi) is 3.10. The van der Waals surface area contributed by atoms with Gasteiger partial charge in [0, 0.05) is 0 Å². The summed E-state index contributed by atoms with van der Waals surface area (Å²) in [5.74, 6) is 0. The summed E-state index contributed by atoms with van der Waals surface area (Å²) < 4.78 is 4.22. The van der Waals surface area contributed by atoms with Gasteiger partial charge in [-0.2, -0.15) is 0 Å². The van der Waals surface area contributed by atoms with E-state index >= 15 is 0 Å². The first-order valence-corrected chi connectivity index (χ1v) is 2.43. The number of nitrogens with one attached hydrogen (secondary N) is 1. The molecule has 0 aliphatic rings. The molecule has 0 aliphatic heterocycles. The van der Waals surface area contributed by atoms with Crippen LogP contribution in [0, 0.1) is 0 Å². The molecule has 0 aromatic carbocycles. The molecule has 0 unspecified atom stereocenters. The minimum Gasteiger partial charge on any atom is -0.453 e. The van der Waals surface area contributed by atoms with Crippen molar-refractivity contribution in [1.82, 2.24) is 5.32 Å². The molecule has 0 aromatic heterocycles. The number of amides is 1. The Balaban J connectivity index is 3.40. The van der Waals surface area contributed by atoms with Gasteiger partial charge in [0.05, 0.1) is 12.1 Å². The number of hydrogen-bond donors (Lipinski definition) is 1. The van der Waals surface area contributed by atoms with Crippen LogP contribution in [0.3, 0.4) is 0 Å². The molecule has 8 heavy (non-hydrogen) atoms. The topological polar surface area (TPSA) is 38.3 Å². The molecular formula is C4H7NO2S. The molecule has 0 atom stereocenters. The fourth-order valence-electron chi connectivity index (χ4n) is 0.195.